The number of hydrogen-bond donors (Lipinski definition) is 2. The molecule has 2 aromatic carbocycles. The summed E-state index contributed by atoms with van der Waals surface area (Å²) in [6.07, 6.45) is 3.27. The van der Waals surface area contributed by atoms with Crippen LogP contribution in [0.5, 0.6) is 0 Å². The van der Waals surface area contributed by atoms with Crippen LogP contribution in [0.25, 0.3) is 5.69 Å². The van der Waals surface area contributed by atoms with Crippen molar-refractivity contribution < 1.29 is 9.59 Å². The fourth-order valence-electron chi connectivity index (χ4n) is 4.05. The maximum Gasteiger partial charge on any atom is 0.248 e. The fourth-order valence-corrected chi connectivity index (χ4v) is 4.05. The lowest BCUT2D eigenvalue weighted by Gasteiger charge is -2.27. The number of carbonyl (C=O) groups is 2. The van der Waals surface area contributed by atoms with Crippen LogP contribution < -0.4 is 10.6 Å². The molecule has 4 rings (SSSR count). The lowest BCUT2D eigenvalue weighted by Crippen LogP contribution is -2.48. The molecule has 1 unspecified atom stereocenters. The summed E-state index contributed by atoms with van der Waals surface area (Å²) in [6, 6.07) is 19.0. The normalized spacial score (nSPS) is 14.8. The van der Waals surface area contributed by atoms with Crippen molar-refractivity contribution in [1.29, 1.82) is 0 Å². The van der Waals surface area contributed by atoms with E-state index < -0.39 is 6.04 Å². The number of aromatic nitrogens is 2. The molecule has 2 amide bonds. The molecular formula is C28H34N4O2. The molecule has 2 N–H and O–H groups in total. The molecule has 6 nitrogen and oxygen atoms in total. The fraction of sp³-hybridized carbons (Fsp3) is 0.393. The zero-order valence-corrected chi connectivity index (χ0v) is 20.5. The van der Waals surface area contributed by atoms with Gasteiger partial charge in [0.15, 0.2) is 0 Å². The van der Waals surface area contributed by atoms with Crippen molar-refractivity contribution in [2.45, 2.75) is 64.8 Å². The first-order valence-corrected chi connectivity index (χ1v) is 12.0. The third-order valence-electron chi connectivity index (χ3n) is 6.46. The number of hydrogen-bond acceptors (Lipinski definition) is 3. The molecule has 0 radical (unpaired) electrons. The first-order valence-electron chi connectivity index (χ1n) is 12.0. The van der Waals surface area contributed by atoms with Gasteiger partial charge in [0, 0.05) is 23.8 Å². The Morgan fingerprint density at radius 1 is 1.06 bits per heavy atom. The highest BCUT2D eigenvalue weighted by Gasteiger charge is 2.30. The zero-order valence-electron chi connectivity index (χ0n) is 20.5. The monoisotopic (exact) mass is 458 g/mol. The molecule has 6 heteroatoms. The molecule has 0 spiro atoms. The molecule has 1 saturated carbocycles. The summed E-state index contributed by atoms with van der Waals surface area (Å²) in [7, 11) is 0. The highest BCUT2D eigenvalue weighted by molar-refractivity contribution is 5.97. The first kappa shape index (κ1) is 23.7. The molecule has 1 aliphatic rings. The van der Waals surface area contributed by atoms with Crippen LogP contribution in [0.1, 0.15) is 56.9 Å². The number of para-hydroxylation sites is 1. The average molecular weight is 459 g/mol. The van der Waals surface area contributed by atoms with E-state index in [-0.39, 0.29) is 23.1 Å². The highest BCUT2D eigenvalue weighted by Crippen LogP contribution is 2.28. The molecule has 178 valence electrons. The number of rotatable bonds is 7. The van der Waals surface area contributed by atoms with Gasteiger partial charge in [-0.25, -0.2) is 4.68 Å². The van der Waals surface area contributed by atoms with E-state index >= 15 is 0 Å². The molecule has 0 saturated heterocycles. The second-order valence-electron chi connectivity index (χ2n) is 10.2. The summed E-state index contributed by atoms with van der Waals surface area (Å²) in [5.41, 5.74) is 3.66. The van der Waals surface area contributed by atoms with Crippen LogP contribution in [0.4, 0.5) is 5.82 Å². The zero-order chi connectivity index (χ0) is 24.3. The van der Waals surface area contributed by atoms with Gasteiger partial charge >= 0.3 is 0 Å². The molecule has 3 aromatic rings. The van der Waals surface area contributed by atoms with Gasteiger partial charge in [-0.3, -0.25) is 9.59 Å². The average Bonchev–Trinajstić information content (AvgIpc) is 3.17. The molecule has 1 atom stereocenters. The van der Waals surface area contributed by atoms with Crippen molar-refractivity contribution >= 4 is 17.6 Å². The van der Waals surface area contributed by atoms with Gasteiger partial charge in [-0.2, -0.15) is 5.10 Å². The van der Waals surface area contributed by atoms with E-state index in [0.29, 0.717) is 12.2 Å². The quantitative estimate of drug-likeness (QED) is 0.526. The SMILES string of the molecule is Cc1ccccc1-n1nc(C(C)(C)C)cc1NC(=O)C(Cc1ccccc1)NC(=O)C1CCC1. The Hall–Kier alpha value is -3.41. The first-order chi connectivity index (χ1) is 16.2. The van der Waals surface area contributed by atoms with E-state index in [1.54, 1.807) is 4.68 Å². The summed E-state index contributed by atoms with van der Waals surface area (Å²) in [5, 5.41) is 10.9. The molecule has 1 aliphatic carbocycles. The lowest BCUT2D eigenvalue weighted by molar-refractivity contribution is -0.131. The molecule has 0 aliphatic heterocycles. The predicted octanol–water partition coefficient (Wildman–Crippen LogP) is 4.94. The molecule has 34 heavy (non-hydrogen) atoms. The van der Waals surface area contributed by atoms with Crippen LogP contribution in [0, 0.1) is 12.8 Å². The Bertz CT molecular complexity index is 1160. The third kappa shape index (κ3) is 5.38. The van der Waals surface area contributed by atoms with E-state index in [0.717, 1.165) is 41.8 Å². The number of benzene rings is 2. The van der Waals surface area contributed by atoms with E-state index in [1.807, 2.05) is 67.6 Å². The van der Waals surface area contributed by atoms with E-state index in [9.17, 15) is 9.59 Å². The van der Waals surface area contributed by atoms with Crippen molar-refractivity contribution in [1.82, 2.24) is 15.1 Å². The number of nitrogens with one attached hydrogen (secondary N) is 2. The minimum absolute atomic E-state index is 0.0102. The molecule has 1 heterocycles. The van der Waals surface area contributed by atoms with Crippen LogP contribution >= 0.6 is 0 Å². The van der Waals surface area contributed by atoms with Crippen LogP contribution in [0.2, 0.25) is 0 Å². The second-order valence-corrected chi connectivity index (χ2v) is 10.2. The molecular weight excluding hydrogens is 424 g/mol. The van der Waals surface area contributed by atoms with Crippen LogP contribution in [0.3, 0.4) is 0 Å². The molecule has 0 bridgehead atoms. The van der Waals surface area contributed by atoms with E-state index in [4.69, 9.17) is 5.10 Å². The number of anilines is 1. The van der Waals surface area contributed by atoms with E-state index in [1.165, 1.54) is 0 Å². The minimum Gasteiger partial charge on any atom is -0.344 e. The maximum absolute atomic E-state index is 13.5. The van der Waals surface area contributed by atoms with Crippen molar-refractivity contribution in [3.05, 3.63) is 77.5 Å². The Kier molecular flexibility index (Phi) is 6.87. The van der Waals surface area contributed by atoms with Crippen molar-refractivity contribution in [2.75, 3.05) is 5.32 Å². The van der Waals surface area contributed by atoms with Crippen LogP contribution in [-0.2, 0) is 21.4 Å². The van der Waals surface area contributed by atoms with Crippen LogP contribution in [0.15, 0.2) is 60.7 Å². The van der Waals surface area contributed by atoms with Crippen molar-refractivity contribution in [3.63, 3.8) is 0 Å². The lowest BCUT2D eigenvalue weighted by atomic mass is 9.84. The standard InChI is InChI=1S/C28H34N4O2/c1-19-11-8-9-16-23(19)32-25(18-24(31-32)28(2,3)4)30-27(34)22(17-20-12-6-5-7-13-20)29-26(33)21-14-10-15-21/h5-9,11-13,16,18,21-22H,10,14-15,17H2,1-4H3,(H,29,33)(H,30,34). The number of nitrogens with zero attached hydrogens (tertiary/aromatic N) is 2. The smallest absolute Gasteiger partial charge is 0.248 e. The van der Waals surface area contributed by atoms with Gasteiger partial charge in [0.25, 0.3) is 0 Å². The summed E-state index contributed by atoms with van der Waals surface area (Å²) in [6.45, 7) is 8.32. The van der Waals surface area contributed by atoms with Crippen LogP contribution in [-0.4, -0.2) is 27.6 Å². The largest absolute Gasteiger partial charge is 0.344 e. The Morgan fingerprint density at radius 2 is 1.74 bits per heavy atom. The van der Waals surface area contributed by atoms with Crippen molar-refractivity contribution in [3.8, 4) is 5.69 Å². The molecule has 1 aromatic heterocycles. The van der Waals surface area contributed by atoms with Gasteiger partial charge < -0.3 is 10.6 Å². The topological polar surface area (TPSA) is 76.0 Å². The van der Waals surface area contributed by atoms with Crippen molar-refractivity contribution in [2.24, 2.45) is 5.92 Å². The van der Waals surface area contributed by atoms with Gasteiger partial charge in [-0.05, 0) is 37.0 Å². The summed E-state index contributed by atoms with van der Waals surface area (Å²) >= 11 is 0. The summed E-state index contributed by atoms with van der Waals surface area (Å²) in [4.78, 5) is 26.3. The molecule has 1 fully saturated rings. The highest BCUT2D eigenvalue weighted by atomic mass is 16.2. The Labute approximate surface area is 201 Å². The van der Waals surface area contributed by atoms with Gasteiger partial charge in [0.2, 0.25) is 11.8 Å². The minimum atomic E-state index is -0.672. The number of carbonyl (C=O) groups excluding carboxylic acids is 2. The van der Waals surface area contributed by atoms with Gasteiger partial charge in [0.05, 0.1) is 11.4 Å². The Balaban J connectivity index is 1.64. The second kappa shape index (κ2) is 9.84. The Morgan fingerprint density at radius 3 is 2.35 bits per heavy atom. The van der Waals surface area contributed by atoms with Gasteiger partial charge in [-0.15, -0.1) is 0 Å². The summed E-state index contributed by atoms with van der Waals surface area (Å²) in [5.74, 6) is 0.327. The number of amides is 2. The van der Waals surface area contributed by atoms with Gasteiger partial charge in [-0.1, -0.05) is 75.7 Å². The maximum atomic E-state index is 13.5. The predicted molar refractivity (Wildman–Crippen MR) is 135 cm³/mol. The van der Waals surface area contributed by atoms with Gasteiger partial charge in [0.1, 0.15) is 11.9 Å². The summed E-state index contributed by atoms with van der Waals surface area (Å²) < 4.78 is 1.79. The van der Waals surface area contributed by atoms with E-state index in [2.05, 4.69) is 31.4 Å². The third-order valence-corrected chi connectivity index (χ3v) is 6.46. The number of aryl methyl sites for hydroxylation is 1.